The predicted octanol–water partition coefficient (Wildman–Crippen LogP) is 0.816. The van der Waals surface area contributed by atoms with E-state index in [4.69, 9.17) is 4.74 Å². The first-order valence-electron chi connectivity index (χ1n) is 8.38. The van der Waals surface area contributed by atoms with E-state index in [0.29, 0.717) is 24.6 Å². The van der Waals surface area contributed by atoms with E-state index < -0.39 is 15.9 Å². The highest BCUT2D eigenvalue weighted by Gasteiger charge is 2.18. The number of morpholine rings is 1. The van der Waals surface area contributed by atoms with Gasteiger partial charge in [-0.2, -0.15) is 0 Å². The number of hydrogen-bond donors (Lipinski definition) is 1. The van der Waals surface area contributed by atoms with Gasteiger partial charge in [0.1, 0.15) is 0 Å². The molecule has 10 heteroatoms. The minimum atomic E-state index is -3.53. The number of hydrogen-bond acceptors (Lipinski definition) is 7. The lowest BCUT2D eigenvalue weighted by Crippen LogP contribution is -2.36. The monoisotopic (exact) mass is 391 g/mol. The number of carbonyl (C=O) groups excluding carboxylic acids is 1. The number of anilines is 2. The van der Waals surface area contributed by atoms with Crippen LogP contribution in [0.4, 0.5) is 11.6 Å². The van der Waals surface area contributed by atoms with Gasteiger partial charge in [0, 0.05) is 32.7 Å². The van der Waals surface area contributed by atoms with Crippen LogP contribution in [-0.4, -0.2) is 69.2 Å². The normalized spacial score (nSPS) is 15.0. The Labute approximate surface area is 158 Å². The van der Waals surface area contributed by atoms with Crippen molar-refractivity contribution < 1.29 is 17.9 Å². The number of nitrogens with zero attached hydrogens (tertiary/aromatic N) is 4. The van der Waals surface area contributed by atoms with Gasteiger partial charge in [-0.05, 0) is 36.4 Å². The van der Waals surface area contributed by atoms with Crippen LogP contribution in [0.15, 0.2) is 41.3 Å². The largest absolute Gasteiger partial charge is 0.378 e. The molecule has 0 spiro atoms. The Kier molecular flexibility index (Phi) is 5.68. The van der Waals surface area contributed by atoms with Crippen molar-refractivity contribution >= 4 is 27.6 Å². The summed E-state index contributed by atoms with van der Waals surface area (Å²) in [6.07, 6.45) is 0. The summed E-state index contributed by atoms with van der Waals surface area (Å²) in [5.41, 5.74) is 0.326. The number of ether oxygens (including phenoxy) is 1. The van der Waals surface area contributed by atoms with Gasteiger partial charge < -0.3 is 15.0 Å². The summed E-state index contributed by atoms with van der Waals surface area (Å²) in [5.74, 6) is 0.661. The van der Waals surface area contributed by atoms with E-state index in [2.05, 4.69) is 20.4 Å². The van der Waals surface area contributed by atoms with Gasteiger partial charge in [0.15, 0.2) is 11.6 Å². The molecule has 144 valence electrons. The zero-order valence-electron chi connectivity index (χ0n) is 15.1. The zero-order chi connectivity index (χ0) is 19.4. The molecule has 3 rings (SSSR count). The molecule has 0 radical (unpaired) electrons. The fourth-order valence-corrected chi connectivity index (χ4v) is 3.43. The molecular weight excluding hydrogens is 370 g/mol. The second kappa shape index (κ2) is 7.99. The fourth-order valence-electron chi connectivity index (χ4n) is 2.53. The first-order chi connectivity index (χ1) is 12.9. The number of benzene rings is 1. The molecule has 0 atom stereocenters. The standard InChI is InChI=1S/C17H21N5O4S/c1-21(2)27(24,25)14-5-3-13(4-6-14)17(23)18-15-7-8-16(20-19-15)22-9-11-26-12-10-22/h3-8H,9-12H2,1-2H3,(H,18,19,23). The summed E-state index contributed by atoms with van der Waals surface area (Å²) >= 11 is 0. The maximum atomic E-state index is 12.3. The molecule has 1 aromatic heterocycles. The molecule has 1 saturated heterocycles. The number of rotatable bonds is 5. The van der Waals surface area contributed by atoms with Gasteiger partial charge in [-0.1, -0.05) is 0 Å². The highest BCUT2D eigenvalue weighted by molar-refractivity contribution is 7.89. The lowest BCUT2D eigenvalue weighted by atomic mass is 10.2. The number of sulfonamides is 1. The molecule has 27 heavy (non-hydrogen) atoms. The molecule has 1 aliphatic rings. The van der Waals surface area contributed by atoms with E-state index in [1.807, 2.05) is 0 Å². The second-order valence-electron chi connectivity index (χ2n) is 6.14. The highest BCUT2D eigenvalue weighted by Crippen LogP contribution is 2.16. The van der Waals surface area contributed by atoms with Gasteiger partial charge in [-0.25, -0.2) is 12.7 Å². The molecule has 0 aliphatic carbocycles. The van der Waals surface area contributed by atoms with Crippen molar-refractivity contribution in [3.05, 3.63) is 42.0 Å². The molecule has 0 saturated carbocycles. The summed E-state index contributed by atoms with van der Waals surface area (Å²) in [6.45, 7) is 2.81. The molecule has 1 aliphatic heterocycles. The van der Waals surface area contributed by atoms with Gasteiger partial charge in [0.2, 0.25) is 10.0 Å². The third kappa shape index (κ3) is 4.41. The minimum Gasteiger partial charge on any atom is -0.378 e. The first kappa shape index (κ1) is 19.2. The number of aromatic nitrogens is 2. The Hall–Kier alpha value is -2.56. The van der Waals surface area contributed by atoms with E-state index in [9.17, 15) is 13.2 Å². The van der Waals surface area contributed by atoms with Gasteiger partial charge in [0.05, 0.1) is 18.1 Å². The van der Waals surface area contributed by atoms with Crippen LogP contribution in [-0.2, 0) is 14.8 Å². The molecule has 1 aromatic carbocycles. The summed E-state index contributed by atoms with van der Waals surface area (Å²) in [7, 11) is -0.621. The number of carbonyl (C=O) groups is 1. The lowest BCUT2D eigenvalue weighted by molar-refractivity contribution is 0.102. The molecule has 9 nitrogen and oxygen atoms in total. The van der Waals surface area contributed by atoms with Crippen molar-refractivity contribution in [2.75, 3.05) is 50.6 Å². The number of nitrogens with one attached hydrogen (secondary N) is 1. The van der Waals surface area contributed by atoms with E-state index in [-0.39, 0.29) is 4.90 Å². The Balaban J connectivity index is 1.66. The van der Waals surface area contributed by atoms with Crippen molar-refractivity contribution in [3.63, 3.8) is 0 Å². The Morgan fingerprint density at radius 1 is 1.07 bits per heavy atom. The predicted molar refractivity (Wildman–Crippen MR) is 100 cm³/mol. The van der Waals surface area contributed by atoms with Gasteiger partial charge in [0.25, 0.3) is 5.91 Å². The average Bonchev–Trinajstić information content (AvgIpc) is 2.69. The van der Waals surface area contributed by atoms with Crippen molar-refractivity contribution in [1.82, 2.24) is 14.5 Å². The third-order valence-electron chi connectivity index (χ3n) is 4.12. The van der Waals surface area contributed by atoms with Crippen LogP contribution < -0.4 is 10.2 Å². The molecular formula is C17H21N5O4S. The zero-order valence-corrected chi connectivity index (χ0v) is 15.9. The van der Waals surface area contributed by atoms with Crippen LogP contribution in [0.5, 0.6) is 0 Å². The van der Waals surface area contributed by atoms with Gasteiger partial charge in [-0.3, -0.25) is 4.79 Å². The van der Waals surface area contributed by atoms with Crippen LogP contribution in [0, 0.1) is 0 Å². The highest BCUT2D eigenvalue weighted by atomic mass is 32.2. The van der Waals surface area contributed by atoms with Crippen LogP contribution in [0.1, 0.15) is 10.4 Å². The Morgan fingerprint density at radius 3 is 2.30 bits per heavy atom. The fraction of sp³-hybridized carbons (Fsp3) is 0.353. The SMILES string of the molecule is CN(C)S(=O)(=O)c1ccc(C(=O)Nc2ccc(N3CCOCC3)nn2)cc1. The van der Waals surface area contributed by atoms with Crippen LogP contribution in [0.2, 0.25) is 0 Å². The van der Waals surface area contributed by atoms with E-state index in [1.165, 1.54) is 38.4 Å². The summed E-state index contributed by atoms with van der Waals surface area (Å²) in [4.78, 5) is 14.5. The maximum Gasteiger partial charge on any atom is 0.256 e. The molecule has 0 bridgehead atoms. The quantitative estimate of drug-likeness (QED) is 0.804. The van der Waals surface area contributed by atoms with Crippen molar-refractivity contribution in [2.24, 2.45) is 0 Å². The molecule has 2 aromatic rings. The summed E-state index contributed by atoms with van der Waals surface area (Å²) in [5, 5.41) is 10.8. The summed E-state index contributed by atoms with van der Waals surface area (Å²) < 4.78 is 30.5. The van der Waals surface area contributed by atoms with Crippen LogP contribution in [0.3, 0.4) is 0 Å². The van der Waals surface area contributed by atoms with Gasteiger partial charge in [-0.15, -0.1) is 10.2 Å². The average molecular weight is 391 g/mol. The van der Waals surface area contributed by atoms with Crippen molar-refractivity contribution in [3.8, 4) is 0 Å². The van der Waals surface area contributed by atoms with Crippen molar-refractivity contribution in [1.29, 1.82) is 0 Å². The maximum absolute atomic E-state index is 12.3. The van der Waals surface area contributed by atoms with Gasteiger partial charge >= 0.3 is 0 Å². The van der Waals surface area contributed by atoms with E-state index in [1.54, 1.807) is 12.1 Å². The molecule has 2 heterocycles. The van der Waals surface area contributed by atoms with E-state index >= 15 is 0 Å². The molecule has 0 unspecified atom stereocenters. The number of amides is 1. The van der Waals surface area contributed by atoms with Crippen LogP contribution in [0.25, 0.3) is 0 Å². The second-order valence-corrected chi connectivity index (χ2v) is 8.29. The third-order valence-corrected chi connectivity index (χ3v) is 5.95. The Bertz CT molecular complexity index is 892. The lowest BCUT2D eigenvalue weighted by Gasteiger charge is -2.27. The smallest absolute Gasteiger partial charge is 0.256 e. The minimum absolute atomic E-state index is 0.124. The van der Waals surface area contributed by atoms with E-state index in [0.717, 1.165) is 23.2 Å². The molecule has 1 N–H and O–H groups in total. The molecule has 1 fully saturated rings. The summed E-state index contributed by atoms with van der Waals surface area (Å²) in [6, 6.07) is 9.19. The topological polar surface area (TPSA) is 105 Å². The van der Waals surface area contributed by atoms with Crippen molar-refractivity contribution in [2.45, 2.75) is 4.90 Å². The Morgan fingerprint density at radius 2 is 1.74 bits per heavy atom. The first-order valence-corrected chi connectivity index (χ1v) is 9.82. The molecule has 1 amide bonds. The van der Waals surface area contributed by atoms with Crippen LogP contribution >= 0.6 is 0 Å².